The third-order valence-corrected chi connectivity index (χ3v) is 4.62. The third-order valence-electron chi connectivity index (χ3n) is 4.37. The second-order valence-electron chi connectivity index (χ2n) is 6.13. The lowest BCUT2D eigenvalue weighted by Crippen LogP contribution is -2.06. The van der Waals surface area contributed by atoms with Gasteiger partial charge in [0.05, 0.1) is 11.3 Å². The van der Waals surface area contributed by atoms with Gasteiger partial charge in [-0.25, -0.2) is 4.68 Å². The van der Waals surface area contributed by atoms with Gasteiger partial charge in [-0.3, -0.25) is 4.79 Å². The van der Waals surface area contributed by atoms with Crippen molar-refractivity contribution in [2.45, 2.75) is 0 Å². The van der Waals surface area contributed by atoms with Crippen LogP contribution >= 0.6 is 11.6 Å². The number of aromatic nitrogens is 2. The Labute approximate surface area is 167 Å². The van der Waals surface area contributed by atoms with Crippen LogP contribution in [0.4, 0.5) is 0 Å². The highest BCUT2D eigenvalue weighted by Crippen LogP contribution is 2.29. The highest BCUT2D eigenvalue weighted by Gasteiger charge is 2.26. The molecule has 134 valence electrons. The van der Waals surface area contributed by atoms with Crippen molar-refractivity contribution >= 4 is 17.4 Å². The molecule has 0 bridgehead atoms. The molecule has 0 fully saturated rings. The van der Waals surface area contributed by atoms with Crippen molar-refractivity contribution in [3.8, 4) is 23.0 Å². The molecule has 4 nitrogen and oxygen atoms in total. The van der Waals surface area contributed by atoms with Crippen molar-refractivity contribution in [2.24, 2.45) is 0 Å². The normalized spacial score (nSPS) is 10.4. The maximum atomic E-state index is 13.3. The zero-order valence-electron chi connectivity index (χ0n) is 14.7. The molecular formula is C23H14ClN3O. The molecule has 1 aromatic heterocycles. The maximum Gasteiger partial charge on any atom is 0.198 e. The van der Waals surface area contributed by atoms with Gasteiger partial charge in [0.15, 0.2) is 11.5 Å². The van der Waals surface area contributed by atoms with Crippen molar-refractivity contribution in [1.82, 2.24) is 9.78 Å². The summed E-state index contributed by atoms with van der Waals surface area (Å²) in [6, 6.07) is 27.5. The van der Waals surface area contributed by atoms with Gasteiger partial charge >= 0.3 is 0 Å². The number of hydrogen-bond acceptors (Lipinski definition) is 3. The number of halogens is 1. The fraction of sp³-hybridized carbons (Fsp3) is 0. The Balaban J connectivity index is 1.97. The van der Waals surface area contributed by atoms with Crippen LogP contribution in [0.25, 0.3) is 16.9 Å². The van der Waals surface area contributed by atoms with Crippen LogP contribution in [0, 0.1) is 11.3 Å². The van der Waals surface area contributed by atoms with Gasteiger partial charge in [0.25, 0.3) is 0 Å². The van der Waals surface area contributed by atoms with Crippen molar-refractivity contribution in [3.63, 3.8) is 0 Å². The summed E-state index contributed by atoms with van der Waals surface area (Å²) in [5.41, 5.74) is 2.88. The van der Waals surface area contributed by atoms with E-state index in [0.29, 0.717) is 22.0 Å². The fourth-order valence-electron chi connectivity index (χ4n) is 3.04. The topological polar surface area (TPSA) is 58.7 Å². The first-order valence-corrected chi connectivity index (χ1v) is 9.01. The molecule has 0 radical (unpaired) electrons. The molecule has 28 heavy (non-hydrogen) atoms. The number of para-hydroxylation sites is 1. The Bertz CT molecular complexity index is 1170. The minimum atomic E-state index is -0.269. The number of nitrogens with zero attached hydrogens (tertiary/aromatic N) is 3. The van der Waals surface area contributed by atoms with Gasteiger partial charge in [-0.05, 0) is 36.4 Å². The lowest BCUT2D eigenvalue weighted by Gasteiger charge is -2.04. The highest BCUT2D eigenvalue weighted by molar-refractivity contribution is 6.30. The first-order chi connectivity index (χ1) is 13.7. The number of nitriles is 1. The van der Waals surface area contributed by atoms with E-state index < -0.39 is 0 Å². The summed E-state index contributed by atoms with van der Waals surface area (Å²) in [6.07, 6.45) is 0. The van der Waals surface area contributed by atoms with E-state index in [1.807, 2.05) is 60.7 Å². The van der Waals surface area contributed by atoms with Crippen LogP contribution in [0.15, 0.2) is 84.9 Å². The van der Waals surface area contributed by atoms with Crippen LogP contribution in [0.1, 0.15) is 21.6 Å². The number of carbonyl (C=O) groups is 1. The third kappa shape index (κ3) is 3.20. The first-order valence-electron chi connectivity index (χ1n) is 8.63. The fourth-order valence-corrected chi connectivity index (χ4v) is 3.16. The van der Waals surface area contributed by atoms with E-state index in [4.69, 9.17) is 11.6 Å². The second-order valence-corrected chi connectivity index (χ2v) is 6.57. The van der Waals surface area contributed by atoms with Crippen LogP contribution in [0.3, 0.4) is 0 Å². The van der Waals surface area contributed by atoms with Gasteiger partial charge in [-0.15, -0.1) is 0 Å². The van der Waals surface area contributed by atoms with E-state index in [2.05, 4.69) is 11.2 Å². The molecule has 0 unspecified atom stereocenters. The average Bonchev–Trinajstić information content (AvgIpc) is 3.14. The van der Waals surface area contributed by atoms with Crippen LogP contribution in [-0.2, 0) is 0 Å². The predicted octanol–water partition coefficient (Wildman–Crippen LogP) is 5.30. The standard InChI is InChI=1S/C23H14ClN3O/c24-18-13-11-17(12-14-18)23(28)21-20(15-25)27(19-9-5-2-6-10-19)26-22(21)16-7-3-1-4-8-16/h1-14H. The molecule has 0 spiro atoms. The van der Waals surface area contributed by atoms with E-state index >= 15 is 0 Å². The zero-order valence-corrected chi connectivity index (χ0v) is 15.5. The summed E-state index contributed by atoms with van der Waals surface area (Å²) < 4.78 is 1.52. The molecule has 0 N–H and O–H groups in total. The smallest absolute Gasteiger partial charge is 0.198 e. The first kappa shape index (κ1) is 17.7. The molecule has 0 atom stereocenters. The molecule has 0 aliphatic heterocycles. The second kappa shape index (κ2) is 7.51. The zero-order chi connectivity index (χ0) is 19.5. The lowest BCUT2D eigenvalue weighted by atomic mass is 9.98. The molecule has 0 saturated heterocycles. The summed E-state index contributed by atoms with van der Waals surface area (Å²) in [4.78, 5) is 13.3. The van der Waals surface area contributed by atoms with E-state index in [9.17, 15) is 10.1 Å². The molecule has 0 saturated carbocycles. The van der Waals surface area contributed by atoms with Crippen molar-refractivity contribution in [1.29, 1.82) is 5.26 Å². The van der Waals surface area contributed by atoms with Gasteiger partial charge in [0, 0.05) is 16.1 Å². The van der Waals surface area contributed by atoms with Gasteiger partial charge in [-0.1, -0.05) is 60.1 Å². The largest absolute Gasteiger partial charge is 0.288 e. The molecule has 0 amide bonds. The van der Waals surface area contributed by atoms with E-state index in [1.54, 1.807) is 24.3 Å². The van der Waals surface area contributed by atoms with Crippen LogP contribution < -0.4 is 0 Å². The van der Waals surface area contributed by atoms with Crippen molar-refractivity contribution in [3.05, 3.63) is 107 Å². The number of ketones is 1. The summed E-state index contributed by atoms with van der Waals surface area (Å²) in [5.74, 6) is -0.269. The Morgan fingerprint density at radius 1 is 0.893 bits per heavy atom. The van der Waals surface area contributed by atoms with Crippen molar-refractivity contribution < 1.29 is 4.79 Å². The van der Waals surface area contributed by atoms with E-state index in [-0.39, 0.29) is 17.0 Å². The van der Waals surface area contributed by atoms with Gasteiger partial charge < -0.3 is 0 Å². The predicted molar refractivity (Wildman–Crippen MR) is 109 cm³/mol. The Kier molecular flexibility index (Phi) is 4.76. The number of carbonyl (C=O) groups excluding carboxylic acids is 1. The Morgan fingerprint density at radius 2 is 1.50 bits per heavy atom. The number of hydrogen-bond donors (Lipinski definition) is 0. The molecule has 5 heteroatoms. The molecule has 0 aliphatic carbocycles. The minimum absolute atomic E-state index is 0.199. The van der Waals surface area contributed by atoms with Crippen molar-refractivity contribution in [2.75, 3.05) is 0 Å². The quantitative estimate of drug-likeness (QED) is 0.449. The minimum Gasteiger partial charge on any atom is -0.288 e. The monoisotopic (exact) mass is 383 g/mol. The number of rotatable bonds is 4. The Morgan fingerprint density at radius 3 is 2.11 bits per heavy atom. The van der Waals surface area contributed by atoms with Crippen LogP contribution in [0.5, 0.6) is 0 Å². The molecular weight excluding hydrogens is 370 g/mol. The van der Waals surface area contributed by atoms with Gasteiger partial charge in [0.2, 0.25) is 0 Å². The average molecular weight is 384 g/mol. The SMILES string of the molecule is N#Cc1c(C(=O)c2ccc(Cl)cc2)c(-c2ccccc2)nn1-c1ccccc1. The number of benzene rings is 3. The maximum absolute atomic E-state index is 13.3. The molecule has 0 aliphatic rings. The molecule has 3 aromatic carbocycles. The lowest BCUT2D eigenvalue weighted by molar-refractivity contribution is 0.103. The summed E-state index contributed by atoms with van der Waals surface area (Å²) in [5, 5.41) is 15.1. The van der Waals surface area contributed by atoms with Crippen LogP contribution in [0.2, 0.25) is 5.02 Å². The van der Waals surface area contributed by atoms with Gasteiger partial charge in [-0.2, -0.15) is 10.4 Å². The summed E-state index contributed by atoms with van der Waals surface area (Å²) in [7, 11) is 0. The summed E-state index contributed by atoms with van der Waals surface area (Å²) in [6.45, 7) is 0. The summed E-state index contributed by atoms with van der Waals surface area (Å²) >= 11 is 5.95. The highest BCUT2D eigenvalue weighted by atomic mass is 35.5. The molecule has 1 heterocycles. The molecule has 4 aromatic rings. The Hall–Kier alpha value is -3.68. The van der Waals surface area contributed by atoms with E-state index in [0.717, 1.165) is 5.56 Å². The van der Waals surface area contributed by atoms with Crippen LogP contribution in [-0.4, -0.2) is 15.6 Å². The van der Waals surface area contributed by atoms with Gasteiger partial charge in [0.1, 0.15) is 11.8 Å². The molecule has 4 rings (SSSR count). The van der Waals surface area contributed by atoms with E-state index in [1.165, 1.54) is 4.68 Å².